The number of nitrogens with zero attached hydrogens (tertiary/aromatic N) is 6. The molecule has 4 aromatic carbocycles. The first kappa shape index (κ1) is 46.2. The molecule has 0 unspecified atom stereocenters. The first-order valence-electron chi connectivity index (χ1n) is 14.5. The fourth-order valence-electron chi connectivity index (χ4n) is 4.33. The summed E-state index contributed by atoms with van der Waals surface area (Å²) in [6.45, 7) is -0.167. The van der Waals surface area contributed by atoms with Gasteiger partial charge in [-0.05, 0) is 76.1 Å². The summed E-state index contributed by atoms with van der Waals surface area (Å²) in [4.78, 5) is 13.9. The number of anilines is 1. The molecule has 29 heteroatoms. The van der Waals surface area contributed by atoms with Gasteiger partial charge >= 0.3 is 10.4 Å². The molecule has 0 atom stereocenters. The number of nitroso groups, excluding NO2 is 1. The van der Waals surface area contributed by atoms with Gasteiger partial charge in [-0.25, -0.2) is 13.7 Å². The number of rotatable bonds is 17. The number of hydrogen-bond acceptors (Lipinski definition) is 22. The standard InChI is InChI=1S/C28H25N7O16S5.H2O/c1-35(34-37)9-12-54(39,40)19-6-3-17(4-7-19)30-33-27-23(55(41,42)43)14-16-13-22(53-50-49-38)26(28(36)24(16)25(27)29)32-31-20-15-18(5-8-21(20)47-2)52-11-10-48-51-56(44,45)46;/h3-8,13-15,36,38H,9,12,29H2,1-2H3,(H,41,42,43)(H,44,45,46);1H2. The lowest BCUT2D eigenvalue weighted by Gasteiger charge is -2.14. The average molecular weight is 894 g/mol. The number of benzene rings is 4. The highest BCUT2D eigenvalue weighted by atomic mass is 32.3. The van der Waals surface area contributed by atoms with Gasteiger partial charge < -0.3 is 21.1 Å². The van der Waals surface area contributed by atoms with E-state index in [0.29, 0.717) is 16.9 Å². The number of phenolic OH excluding ortho intramolecular Hbond substituents is 1. The van der Waals surface area contributed by atoms with Crippen LogP contribution in [0.5, 0.6) is 11.5 Å². The van der Waals surface area contributed by atoms with Gasteiger partial charge in [0.1, 0.15) is 27.7 Å². The molecule has 4 aromatic rings. The zero-order chi connectivity index (χ0) is 41.3. The Hall–Kier alpha value is -5.23. The molecule has 0 bridgehead atoms. The number of ether oxygens (including phenoxy) is 1. The van der Waals surface area contributed by atoms with Gasteiger partial charge in [0.2, 0.25) is 0 Å². The molecule has 0 spiro atoms. The Balaban J connectivity index is 0.00000870. The van der Waals surface area contributed by atoms with Gasteiger partial charge in [0, 0.05) is 17.2 Å². The number of thioether (sulfide) groups is 1. The number of azo groups is 2. The quantitative estimate of drug-likeness (QED) is 0.0107. The number of methoxy groups -OCH3 is 1. The molecule has 4 rings (SSSR count). The van der Waals surface area contributed by atoms with Crippen LogP contribution in [0.4, 0.5) is 28.4 Å². The van der Waals surface area contributed by atoms with Gasteiger partial charge in [-0.2, -0.15) is 21.9 Å². The summed E-state index contributed by atoms with van der Waals surface area (Å²) < 4.78 is 103. The maximum Gasteiger partial charge on any atom is 0.433 e. The smallest absolute Gasteiger partial charge is 0.433 e. The van der Waals surface area contributed by atoms with Crippen molar-refractivity contribution in [3.05, 3.63) is 59.5 Å². The van der Waals surface area contributed by atoms with Crippen molar-refractivity contribution in [1.82, 2.24) is 5.01 Å². The number of nitrogen functional groups attached to an aromatic ring is 1. The topological polar surface area (TPSA) is 369 Å². The van der Waals surface area contributed by atoms with Crippen molar-refractivity contribution in [2.45, 2.75) is 19.6 Å². The molecule has 24 nitrogen and oxygen atoms in total. The minimum Gasteiger partial charge on any atom is -0.505 e. The van der Waals surface area contributed by atoms with E-state index < -0.39 is 58.1 Å². The van der Waals surface area contributed by atoms with Crippen LogP contribution in [0.3, 0.4) is 0 Å². The second kappa shape index (κ2) is 19.8. The molecule has 57 heavy (non-hydrogen) atoms. The van der Waals surface area contributed by atoms with Crippen LogP contribution in [0.25, 0.3) is 10.8 Å². The monoisotopic (exact) mass is 893 g/mol. The lowest BCUT2D eigenvalue weighted by molar-refractivity contribution is -0.432. The van der Waals surface area contributed by atoms with Crippen LogP contribution in [0.15, 0.2) is 99.9 Å². The van der Waals surface area contributed by atoms with E-state index in [1.807, 2.05) is 6.11 Å². The molecule has 306 valence electrons. The van der Waals surface area contributed by atoms with Crippen LogP contribution >= 0.6 is 23.8 Å². The Morgan fingerprint density at radius 3 is 2.23 bits per heavy atom. The lowest BCUT2D eigenvalue weighted by Crippen LogP contribution is -2.20. The summed E-state index contributed by atoms with van der Waals surface area (Å²) in [5.74, 6) is -0.992. The first-order chi connectivity index (χ1) is 26.4. The molecule has 0 aliphatic rings. The number of nitrogens with two attached hydrogens (primary N) is 1. The van der Waals surface area contributed by atoms with E-state index >= 15 is 0 Å². The molecule has 0 aliphatic heterocycles. The summed E-state index contributed by atoms with van der Waals surface area (Å²) in [5.41, 5.74) is 4.86. The van der Waals surface area contributed by atoms with E-state index in [9.17, 15) is 39.8 Å². The molecule has 0 aromatic heterocycles. The second-order valence-corrected chi connectivity index (χ2v) is 16.5. The van der Waals surface area contributed by atoms with Crippen molar-refractivity contribution in [1.29, 1.82) is 0 Å². The molecular weight excluding hydrogens is 867 g/mol. The van der Waals surface area contributed by atoms with E-state index in [0.717, 1.165) is 22.8 Å². The second-order valence-electron chi connectivity index (χ2n) is 10.4. The summed E-state index contributed by atoms with van der Waals surface area (Å²) in [5, 5.41) is 45.4. The summed E-state index contributed by atoms with van der Waals surface area (Å²) in [6, 6.07) is 11.3. The predicted octanol–water partition coefficient (Wildman–Crippen LogP) is 4.97. The third kappa shape index (κ3) is 12.4. The molecule has 0 saturated heterocycles. The molecule has 8 N–H and O–H groups in total. The number of hydrogen-bond donors (Lipinski definition) is 5. The Morgan fingerprint density at radius 2 is 1.61 bits per heavy atom. The van der Waals surface area contributed by atoms with E-state index in [1.165, 1.54) is 62.7 Å². The molecule has 0 fully saturated rings. The summed E-state index contributed by atoms with van der Waals surface area (Å²) in [7, 11) is -11.2. The minimum absolute atomic E-state index is 0. The van der Waals surface area contributed by atoms with Gasteiger partial charge in [0.25, 0.3) is 10.1 Å². The van der Waals surface area contributed by atoms with Crippen molar-refractivity contribution < 1.29 is 73.5 Å². The summed E-state index contributed by atoms with van der Waals surface area (Å²) >= 11 is 1.09. The van der Waals surface area contributed by atoms with Crippen LogP contribution in [-0.2, 0) is 48.9 Å². The van der Waals surface area contributed by atoms with Crippen molar-refractivity contribution in [2.24, 2.45) is 25.7 Å². The number of aromatic hydroxyl groups is 1. The van der Waals surface area contributed by atoms with Gasteiger partial charge in [-0.3, -0.25) is 19.0 Å². The number of fused-ring (bicyclic) bond motifs is 1. The van der Waals surface area contributed by atoms with E-state index in [4.69, 9.17) is 20.3 Å². The molecular formula is C28H27N7O17S5. The van der Waals surface area contributed by atoms with Crippen molar-refractivity contribution in [3.63, 3.8) is 0 Å². The Morgan fingerprint density at radius 1 is 0.930 bits per heavy atom. The fraction of sp³-hybridized carbons (Fsp3) is 0.143. The van der Waals surface area contributed by atoms with Crippen LogP contribution in [0.2, 0.25) is 0 Å². The maximum absolute atomic E-state index is 12.6. The molecule has 0 amide bonds. The fourth-order valence-corrected chi connectivity index (χ4v) is 7.41. The summed E-state index contributed by atoms with van der Waals surface area (Å²) in [6.07, 6.45) is 1.88. The minimum atomic E-state index is -5.07. The van der Waals surface area contributed by atoms with E-state index in [2.05, 4.69) is 49.6 Å². The van der Waals surface area contributed by atoms with Gasteiger partial charge in [0.05, 0.1) is 63.3 Å². The zero-order valence-corrected chi connectivity index (χ0v) is 32.7. The van der Waals surface area contributed by atoms with Crippen LogP contribution in [0.1, 0.15) is 0 Å². The number of sulfone groups is 1. The van der Waals surface area contributed by atoms with Crippen molar-refractivity contribution in [3.8, 4) is 22.9 Å². The van der Waals surface area contributed by atoms with Gasteiger partial charge in [-0.1, -0.05) is 5.04 Å². The molecule has 0 radical (unpaired) electrons. The highest BCUT2D eigenvalue weighted by molar-refractivity contribution is 8.04. The Kier molecular flexibility index (Phi) is 16.0. The lowest BCUT2D eigenvalue weighted by atomic mass is 10.1. The van der Waals surface area contributed by atoms with E-state index in [-0.39, 0.29) is 55.4 Å². The van der Waals surface area contributed by atoms with Crippen LogP contribution in [0, 0.1) is 16.3 Å². The third-order valence-electron chi connectivity index (χ3n) is 6.81. The Bertz CT molecular complexity index is 2580. The average Bonchev–Trinajstić information content (AvgIpc) is 3.14. The van der Waals surface area contributed by atoms with Crippen LogP contribution in [-0.4, -0.2) is 81.7 Å². The normalized spacial score (nSPS) is 11.9. The number of phenols is 1. The van der Waals surface area contributed by atoms with Gasteiger partial charge in [0.15, 0.2) is 21.7 Å². The maximum atomic E-state index is 12.6. The van der Waals surface area contributed by atoms with Crippen molar-refractivity contribution >= 4 is 93.4 Å². The third-order valence-corrected chi connectivity index (χ3v) is 10.9. The van der Waals surface area contributed by atoms with E-state index in [1.54, 1.807) is 0 Å². The highest BCUT2D eigenvalue weighted by Gasteiger charge is 2.26. The Labute approximate surface area is 330 Å². The van der Waals surface area contributed by atoms with Crippen molar-refractivity contribution in [2.75, 3.05) is 32.2 Å². The SMILES string of the molecule is COc1ccc(SC#COOS(=O)(=O)O)cc1N=Nc1c(SOOO)cc2cc(S(=O)(=O)O)c(N=Nc3ccc(S(=O)(=O)CCN(C)N=O)cc3)c(N)c2c1O.O. The highest BCUT2D eigenvalue weighted by Crippen LogP contribution is 2.50. The first-order valence-corrected chi connectivity index (χ1v) is 20.5. The largest absolute Gasteiger partial charge is 0.505 e. The van der Waals surface area contributed by atoms with Gasteiger partial charge in [-0.15, -0.1) is 24.6 Å². The van der Waals surface area contributed by atoms with Crippen LogP contribution < -0.4 is 10.5 Å². The predicted molar refractivity (Wildman–Crippen MR) is 200 cm³/mol. The zero-order valence-electron chi connectivity index (χ0n) is 28.6. The molecule has 0 heterocycles. The molecule has 0 aliphatic carbocycles. The molecule has 0 saturated carbocycles.